The van der Waals surface area contributed by atoms with Crippen LogP contribution in [-0.4, -0.2) is 25.8 Å². The van der Waals surface area contributed by atoms with E-state index in [4.69, 9.17) is 11.6 Å². The third-order valence-electron chi connectivity index (χ3n) is 4.07. The molecule has 3 nitrogen and oxygen atoms in total. The summed E-state index contributed by atoms with van der Waals surface area (Å²) in [6, 6.07) is 2.79. The molecular formula is C15H21ClFNO2S. The van der Waals surface area contributed by atoms with Gasteiger partial charge in [-0.1, -0.05) is 13.3 Å². The summed E-state index contributed by atoms with van der Waals surface area (Å²) in [4.78, 5) is 0.0512. The highest BCUT2D eigenvalue weighted by molar-refractivity contribution is 7.89. The number of hydrogen-bond acceptors (Lipinski definition) is 2. The first kappa shape index (κ1) is 16.7. The number of alkyl halides is 1. The number of rotatable bonds is 5. The lowest BCUT2D eigenvalue weighted by molar-refractivity contribution is 0.443. The maximum absolute atomic E-state index is 13.9. The molecule has 118 valence electrons. The Morgan fingerprint density at radius 1 is 1.43 bits per heavy atom. The molecule has 1 heterocycles. The van der Waals surface area contributed by atoms with Gasteiger partial charge in [0, 0.05) is 24.5 Å². The van der Waals surface area contributed by atoms with Crippen LogP contribution in [0.5, 0.6) is 0 Å². The van der Waals surface area contributed by atoms with E-state index in [1.54, 1.807) is 0 Å². The van der Waals surface area contributed by atoms with E-state index in [0.29, 0.717) is 24.6 Å². The van der Waals surface area contributed by atoms with E-state index >= 15 is 0 Å². The van der Waals surface area contributed by atoms with Gasteiger partial charge in [0.2, 0.25) is 10.0 Å². The largest absolute Gasteiger partial charge is 0.243 e. The fourth-order valence-corrected chi connectivity index (χ4v) is 4.82. The molecule has 0 spiro atoms. The van der Waals surface area contributed by atoms with E-state index in [1.807, 2.05) is 0 Å². The van der Waals surface area contributed by atoms with Crippen LogP contribution in [0.1, 0.15) is 37.3 Å². The van der Waals surface area contributed by atoms with Crippen LogP contribution in [0, 0.1) is 18.7 Å². The second-order valence-corrected chi connectivity index (χ2v) is 7.81. The van der Waals surface area contributed by atoms with Gasteiger partial charge in [0.05, 0.1) is 4.90 Å². The van der Waals surface area contributed by atoms with Crippen LogP contribution < -0.4 is 0 Å². The molecule has 1 atom stereocenters. The van der Waals surface area contributed by atoms with Crippen molar-refractivity contribution in [1.29, 1.82) is 0 Å². The summed E-state index contributed by atoms with van der Waals surface area (Å²) < 4.78 is 40.9. The van der Waals surface area contributed by atoms with Gasteiger partial charge in [0.1, 0.15) is 5.82 Å². The highest BCUT2D eigenvalue weighted by Gasteiger charge is 2.33. The predicted molar refractivity (Wildman–Crippen MR) is 82.5 cm³/mol. The van der Waals surface area contributed by atoms with E-state index in [2.05, 4.69) is 6.92 Å². The third kappa shape index (κ3) is 3.41. The molecule has 1 aliphatic rings. The zero-order valence-electron chi connectivity index (χ0n) is 12.4. The summed E-state index contributed by atoms with van der Waals surface area (Å²) in [7, 11) is -3.64. The Balaban J connectivity index is 2.34. The molecule has 0 bridgehead atoms. The van der Waals surface area contributed by atoms with Crippen LogP contribution in [-0.2, 0) is 15.9 Å². The van der Waals surface area contributed by atoms with Crippen molar-refractivity contribution in [3.05, 3.63) is 29.1 Å². The quantitative estimate of drug-likeness (QED) is 0.771. The fraction of sp³-hybridized carbons (Fsp3) is 0.600. The Labute approximate surface area is 131 Å². The van der Waals surface area contributed by atoms with Gasteiger partial charge >= 0.3 is 0 Å². The molecule has 0 radical (unpaired) electrons. The Bertz CT molecular complexity index is 618. The van der Waals surface area contributed by atoms with Crippen molar-refractivity contribution in [3.63, 3.8) is 0 Å². The number of benzene rings is 1. The fourth-order valence-electron chi connectivity index (χ4n) is 2.85. The van der Waals surface area contributed by atoms with Gasteiger partial charge in [-0.15, -0.1) is 11.6 Å². The summed E-state index contributed by atoms with van der Waals surface area (Å²) in [5.74, 6) is -0.0137. The summed E-state index contributed by atoms with van der Waals surface area (Å²) >= 11 is 5.72. The molecule has 21 heavy (non-hydrogen) atoms. The molecule has 6 heteroatoms. The average molecular weight is 334 g/mol. The topological polar surface area (TPSA) is 37.4 Å². The van der Waals surface area contributed by atoms with Gasteiger partial charge in [-0.05, 0) is 43.4 Å². The minimum atomic E-state index is -3.64. The second-order valence-electron chi connectivity index (χ2n) is 5.64. The summed E-state index contributed by atoms with van der Waals surface area (Å²) in [5.41, 5.74) is 0.658. The molecule has 0 aromatic heterocycles. The smallest absolute Gasteiger partial charge is 0.207 e. The lowest BCUT2D eigenvalue weighted by Crippen LogP contribution is -2.29. The van der Waals surface area contributed by atoms with Gasteiger partial charge in [-0.25, -0.2) is 12.8 Å². The van der Waals surface area contributed by atoms with E-state index in [9.17, 15) is 12.8 Å². The van der Waals surface area contributed by atoms with E-state index in [1.165, 1.54) is 23.4 Å². The molecule has 1 aliphatic heterocycles. The van der Waals surface area contributed by atoms with Crippen LogP contribution in [0.4, 0.5) is 4.39 Å². The van der Waals surface area contributed by atoms with Crippen molar-refractivity contribution in [2.24, 2.45) is 5.92 Å². The van der Waals surface area contributed by atoms with Gasteiger partial charge in [0.15, 0.2) is 0 Å². The lowest BCUT2D eigenvalue weighted by Gasteiger charge is -2.19. The molecule has 1 saturated heterocycles. The highest BCUT2D eigenvalue weighted by Crippen LogP contribution is 2.30. The minimum Gasteiger partial charge on any atom is -0.207 e. The van der Waals surface area contributed by atoms with Crippen molar-refractivity contribution in [2.75, 3.05) is 13.1 Å². The molecule has 0 amide bonds. The first-order valence-corrected chi connectivity index (χ1v) is 9.22. The van der Waals surface area contributed by atoms with Crippen molar-refractivity contribution in [3.8, 4) is 0 Å². The molecule has 2 rings (SSSR count). The van der Waals surface area contributed by atoms with Crippen molar-refractivity contribution >= 4 is 21.6 Å². The zero-order valence-corrected chi connectivity index (χ0v) is 14.0. The van der Waals surface area contributed by atoms with Crippen molar-refractivity contribution in [1.82, 2.24) is 4.31 Å². The first-order chi connectivity index (χ1) is 9.90. The summed E-state index contributed by atoms with van der Waals surface area (Å²) in [6.45, 7) is 4.64. The zero-order chi connectivity index (χ0) is 15.6. The van der Waals surface area contributed by atoms with Gasteiger partial charge in [0.25, 0.3) is 0 Å². The Morgan fingerprint density at radius 3 is 2.76 bits per heavy atom. The SMILES string of the molecule is CCCC1CCN(S(=O)(=O)c2cc(CCl)cc(F)c2C)C1. The third-order valence-corrected chi connectivity index (χ3v) is 6.37. The maximum Gasteiger partial charge on any atom is 0.243 e. The maximum atomic E-state index is 13.9. The standard InChI is InChI=1S/C15H21ClFNO2S/c1-3-4-12-5-6-18(10-12)21(19,20)15-8-13(9-16)7-14(17)11(15)2/h7-8,12H,3-6,9-10H2,1-2H3. The average Bonchev–Trinajstić information content (AvgIpc) is 2.91. The molecule has 0 saturated carbocycles. The van der Waals surface area contributed by atoms with E-state index in [-0.39, 0.29) is 16.3 Å². The molecule has 1 aromatic rings. The number of sulfonamides is 1. The lowest BCUT2D eigenvalue weighted by atomic mass is 10.0. The summed E-state index contributed by atoms with van der Waals surface area (Å²) in [6.07, 6.45) is 2.96. The van der Waals surface area contributed by atoms with Crippen LogP contribution in [0.15, 0.2) is 17.0 Å². The molecule has 1 aromatic carbocycles. The number of nitrogens with zero attached hydrogens (tertiary/aromatic N) is 1. The van der Waals surface area contributed by atoms with Gasteiger partial charge < -0.3 is 0 Å². The molecule has 0 aliphatic carbocycles. The van der Waals surface area contributed by atoms with Crippen LogP contribution in [0.2, 0.25) is 0 Å². The molecular weight excluding hydrogens is 313 g/mol. The van der Waals surface area contributed by atoms with E-state index < -0.39 is 15.8 Å². The molecule has 0 N–H and O–H groups in total. The van der Waals surface area contributed by atoms with Gasteiger partial charge in [-0.3, -0.25) is 0 Å². The van der Waals surface area contributed by atoms with Gasteiger partial charge in [-0.2, -0.15) is 4.31 Å². The van der Waals surface area contributed by atoms with Crippen LogP contribution in [0.25, 0.3) is 0 Å². The predicted octanol–water partition coefficient (Wildman–Crippen LogP) is 3.68. The van der Waals surface area contributed by atoms with Crippen LogP contribution in [0.3, 0.4) is 0 Å². The Morgan fingerprint density at radius 2 is 2.14 bits per heavy atom. The Kier molecular flexibility index (Phi) is 5.28. The van der Waals surface area contributed by atoms with Crippen molar-refractivity contribution < 1.29 is 12.8 Å². The first-order valence-electron chi connectivity index (χ1n) is 7.25. The number of hydrogen-bond donors (Lipinski definition) is 0. The minimum absolute atomic E-state index is 0.0512. The molecule has 1 fully saturated rings. The molecule has 1 unspecified atom stereocenters. The summed E-state index contributed by atoms with van der Waals surface area (Å²) in [5, 5.41) is 0. The monoisotopic (exact) mass is 333 g/mol. The normalized spacial score (nSPS) is 20.1. The Hall–Kier alpha value is -0.650. The van der Waals surface area contributed by atoms with E-state index in [0.717, 1.165) is 19.3 Å². The van der Waals surface area contributed by atoms with Crippen molar-refractivity contribution in [2.45, 2.75) is 43.9 Å². The second kappa shape index (κ2) is 6.63. The number of halogens is 2. The van der Waals surface area contributed by atoms with Crippen LogP contribution >= 0.6 is 11.6 Å². The highest BCUT2D eigenvalue weighted by atomic mass is 35.5.